The van der Waals surface area contributed by atoms with E-state index in [-0.39, 0.29) is 18.0 Å². The lowest BCUT2D eigenvalue weighted by molar-refractivity contribution is -0.0381. The van der Waals surface area contributed by atoms with Crippen LogP contribution in [0.5, 0.6) is 0 Å². The Morgan fingerprint density at radius 1 is 1.14 bits per heavy atom. The number of anilines is 1. The first-order valence-electron chi connectivity index (χ1n) is 7.65. The molecule has 2 aliphatic heterocycles. The fourth-order valence-corrected chi connectivity index (χ4v) is 3.82. The summed E-state index contributed by atoms with van der Waals surface area (Å²) in [6, 6.07) is 12.8. The second-order valence-electron chi connectivity index (χ2n) is 6.00. The number of rotatable bonds is 1. The molecular formula is C18H17ClFNO. The van der Waals surface area contributed by atoms with E-state index in [2.05, 4.69) is 5.32 Å². The average Bonchev–Trinajstić information content (AvgIpc) is 2.55. The molecule has 2 aromatic rings. The smallest absolute Gasteiger partial charge is 0.123 e. The Hall–Kier alpha value is -1.58. The summed E-state index contributed by atoms with van der Waals surface area (Å²) in [6.45, 7) is 0.781. The lowest BCUT2D eigenvalue weighted by Gasteiger charge is -2.43. The molecule has 0 radical (unpaired) electrons. The highest BCUT2D eigenvalue weighted by molar-refractivity contribution is 6.30. The number of nitrogens with one attached hydrogen (secondary N) is 1. The van der Waals surface area contributed by atoms with E-state index < -0.39 is 0 Å². The van der Waals surface area contributed by atoms with Crippen LogP contribution in [0.2, 0.25) is 5.02 Å². The standard InChI is InChI=1S/C18H17ClFNO/c19-12-5-8-16-15(10-12)18-14(2-1-9-22-18)17(21-16)11-3-6-13(20)7-4-11/h3-8,10,14,17-18,21H,1-2,9H2/t14-,17+,18-/m0/s1. The molecule has 1 N–H and O–H groups in total. The normalized spacial score (nSPS) is 26.7. The van der Waals surface area contributed by atoms with Crippen molar-refractivity contribution in [3.05, 3.63) is 64.4 Å². The van der Waals surface area contributed by atoms with Crippen LogP contribution in [0.1, 0.15) is 36.1 Å². The maximum absolute atomic E-state index is 13.2. The van der Waals surface area contributed by atoms with E-state index in [4.69, 9.17) is 16.3 Å². The Bertz CT molecular complexity index is 688. The number of hydrogen-bond donors (Lipinski definition) is 1. The van der Waals surface area contributed by atoms with Crippen LogP contribution >= 0.6 is 11.6 Å². The minimum Gasteiger partial charge on any atom is -0.378 e. The molecule has 0 amide bonds. The van der Waals surface area contributed by atoms with Gasteiger partial charge in [-0.2, -0.15) is 0 Å². The summed E-state index contributed by atoms with van der Waals surface area (Å²) in [6.07, 6.45) is 2.20. The van der Waals surface area contributed by atoms with Crippen LogP contribution in [0, 0.1) is 11.7 Å². The summed E-state index contributed by atoms with van der Waals surface area (Å²) in [5.74, 6) is 0.133. The summed E-state index contributed by atoms with van der Waals surface area (Å²) < 4.78 is 19.3. The minimum atomic E-state index is -0.205. The molecule has 2 heterocycles. The number of ether oxygens (including phenoxy) is 1. The van der Waals surface area contributed by atoms with E-state index in [9.17, 15) is 4.39 Å². The molecule has 0 spiro atoms. The van der Waals surface area contributed by atoms with Crippen molar-refractivity contribution in [3.63, 3.8) is 0 Å². The second kappa shape index (κ2) is 5.56. The Morgan fingerprint density at radius 2 is 1.95 bits per heavy atom. The highest BCUT2D eigenvalue weighted by Crippen LogP contribution is 2.49. The summed E-state index contributed by atoms with van der Waals surface area (Å²) in [5, 5.41) is 4.33. The van der Waals surface area contributed by atoms with Gasteiger partial charge in [-0.05, 0) is 48.7 Å². The van der Waals surface area contributed by atoms with Gasteiger partial charge in [-0.1, -0.05) is 23.7 Å². The predicted octanol–water partition coefficient (Wildman–Crippen LogP) is 5.11. The molecule has 0 bridgehead atoms. The molecule has 0 unspecified atom stereocenters. The third-order valence-electron chi connectivity index (χ3n) is 4.66. The Balaban J connectivity index is 1.77. The van der Waals surface area contributed by atoms with Crippen molar-refractivity contribution >= 4 is 17.3 Å². The molecule has 1 fully saturated rings. The van der Waals surface area contributed by atoms with E-state index >= 15 is 0 Å². The van der Waals surface area contributed by atoms with Crippen molar-refractivity contribution in [2.24, 2.45) is 5.92 Å². The summed E-state index contributed by atoms with van der Waals surface area (Å²) >= 11 is 6.15. The molecule has 4 rings (SSSR count). The van der Waals surface area contributed by atoms with Gasteiger partial charge in [0.1, 0.15) is 5.82 Å². The van der Waals surface area contributed by atoms with E-state index in [1.54, 1.807) is 0 Å². The van der Waals surface area contributed by atoms with Crippen molar-refractivity contribution in [2.75, 3.05) is 11.9 Å². The molecular weight excluding hydrogens is 301 g/mol. The Labute approximate surface area is 134 Å². The lowest BCUT2D eigenvalue weighted by atomic mass is 9.77. The van der Waals surface area contributed by atoms with Crippen LogP contribution in [0.4, 0.5) is 10.1 Å². The van der Waals surface area contributed by atoms with Gasteiger partial charge < -0.3 is 10.1 Å². The fraction of sp³-hybridized carbons (Fsp3) is 0.333. The van der Waals surface area contributed by atoms with E-state index in [0.29, 0.717) is 5.92 Å². The fourth-order valence-electron chi connectivity index (χ4n) is 3.64. The summed E-state index contributed by atoms with van der Waals surface area (Å²) in [4.78, 5) is 0. The molecule has 2 aromatic carbocycles. The second-order valence-corrected chi connectivity index (χ2v) is 6.44. The van der Waals surface area contributed by atoms with Gasteiger partial charge in [0.15, 0.2) is 0 Å². The first-order chi connectivity index (χ1) is 10.7. The van der Waals surface area contributed by atoms with Gasteiger partial charge in [0.2, 0.25) is 0 Å². The number of halogens is 2. The van der Waals surface area contributed by atoms with Crippen LogP contribution in [0.3, 0.4) is 0 Å². The van der Waals surface area contributed by atoms with E-state index in [0.717, 1.165) is 41.3 Å². The van der Waals surface area contributed by atoms with Gasteiger partial charge >= 0.3 is 0 Å². The molecule has 2 aliphatic rings. The molecule has 0 aromatic heterocycles. The first-order valence-corrected chi connectivity index (χ1v) is 8.03. The van der Waals surface area contributed by atoms with Crippen molar-refractivity contribution < 1.29 is 9.13 Å². The van der Waals surface area contributed by atoms with Crippen LogP contribution < -0.4 is 5.32 Å². The van der Waals surface area contributed by atoms with Gasteiger partial charge in [-0.15, -0.1) is 0 Å². The molecule has 0 saturated carbocycles. The zero-order chi connectivity index (χ0) is 15.1. The Morgan fingerprint density at radius 3 is 2.77 bits per heavy atom. The average molecular weight is 318 g/mol. The van der Waals surface area contributed by atoms with Gasteiger partial charge in [-0.3, -0.25) is 0 Å². The lowest BCUT2D eigenvalue weighted by Crippen LogP contribution is -2.36. The maximum Gasteiger partial charge on any atom is 0.123 e. The monoisotopic (exact) mass is 317 g/mol. The van der Waals surface area contributed by atoms with Crippen molar-refractivity contribution in [1.82, 2.24) is 0 Å². The molecule has 0 aliphatic carbocycles. The van der Waals surface area contributed by atoms with Crippen LogP contribution in [0.15, 0.2) is 42.5 Å². The van der Waals surface area contributed by atoms with Crippen LogP contribution in [0.25, 0.3) is 0 Å². The van der Waals surface area contributed by atoms with Gasteiger partial charge in [0.05, 0.1) is 12.1 Å². The van der Waals surface area contributed by atoms with Gasteiger partial charge in [0.25, 0.3) is 0 Å². The molecule has 4 heteroatoms. The third-order valence-corrected chi connectivity index (χ3v) is 4.89. The third kappa shape index (κ3) is 2.38. The molecule has 2 nitrogen and oxygen atoms in total. The maximum atomic E-state index is 13.2. The zero-order valence-electron chi connectivity index (χ0n) is 12.1. The quantitative estimate of drug-likeness (QED) is 0.788. The number of benzene rings is 2. The van der Waals surface area contributed by atoms with Crippen LogP contribution in [-0.2, 0) is 4.74 Å². The summed E-state index contributed by atoms with van der Waals surface area (Å²) in [5.41, 5.74) is 3.29. The topological polar surface area (TPSA) is 21.3 Å². The highest BCUT2D eigenvalue weighted by atomic mass is 35.5. The molecule has 114 valence electrons. The number of hydrogen-bond acceptors (Lipinski definition) is 2. The van der Waals surface area contributed by atoms with Gasteiger partial charge in [0, 0.05) is 28.8 Å². The minimum absolute atomic E-state index is 0.0544. The number of fused-ring (bicyclic) bond motifs is 3. The Kier molecular flexibility index (Phi) is 3.55. The molecule has 22 heavy (non-hydrogen) atoms. The van der Waals surface area contributed by atoms with Gasteiger partial charge in [-0.25, -0.2) is 4.39 Å². The SMILES string of the molecule is Fc1ccc([C@H]2Nc3ccc(Cl)cc3[C@H]3OCCC[C@@H]23)cc1. The summed E-state index contributed by atoms with van der Waals surface area (Å²) in [7, 11) is 0. The molecule has 3 atom stereocenters. The first kappa shape index (κ1) is 14.0. The highest BCUT2D eigenvalue weighted by Gasteiger charge is 2.39. The largest absolute Gasteiger partial charge is 0.378 e. The predicted molar refractivity (Wildman–Crippen MR) is 85.6 cm³/mol. The van der Waals surface area contributed by atoms with Crippen molar-refractivity contribution in [3.8, 4) is 0 Å². The van der Waals surface area contributed by atoms with E-state index in [1.807, 2.05) is 30.3 Å². The van der Waals surface area contributed by atoms with Crippen LogP contribution in [-0.4, -0.2) is 6.61 Å². The zero-order valence-corrected chi connectivity index (χ0v) is 12.8. The van der Waals surface area contributed by atoms with Crippen molar-refractivity contribution in [2.45, 2.75) is 25.0 Å². The van der Waals surface area contributed by atoms with E-state index in [1.165, 1.54) is 12.1 Å². The molecule has 1 saturated heterocycles. The van der Waals surface area contributed by atoms with Crippen molar-refractivity contribution in [1.29, 1.82) is 0 Å².